The number of esters is 1. The van der Waals surface area contributed by atoms with Crippen LogP contribution in [0.5, 0.6) is 0 Å². The number of thiophene rings is 1. The highest BCUT2D eigenvalue weighted by molar-refractivity contribution is 7.12. The standard InChI is InChI=1S/C27H24N2O4S/c1-3-33-27(32)24-18(2)28-23(17-21(30)19-11-6-4-7-12-19)29(26(31)22-15-10-16-34-22)25(24)20-13-8-5-9-14-20/h4-17,25,28H,3H2,1-2H3/b23-17+. The predicted octanol–water partition coefficient (Wildman–Crippen LogP) is 5.10. The van der Waals surface area contributed by atoms with Gasteiger partial charge in [-0.15, -0.1) is 11.3 Å². The summed E-state index contributed by atoms with van der Waals surface area (Å²) in [7, 11) is 0. The lowest BCUT2D eigenvalue weighted by Gasteiger charge is -2.39. The molecule has 0 aliphatic carbocycles. The Morgan fingerprint density at radius 2 is 1.68 bits per heavy atom. The molecule has 34 heavy (non-hydrogen) atoms. The summed E-state index contributed by atoms with van der Waals surface area (Å²) in [5.74, 6) is -0.797. The van der Waals surface area contributed by atoms with Gasteiger partial charge in [0.05, 0.1) is 23.1 Å². The molecule has 1 atom stereocenters. The number of carbonyl (C=O) groups is 3. The number of nitrogens with one attached hydrogen (secondary N) is 1. The van der Waals surface area contributed by atoms with Gasteiger partial charge in [0.2, 0.25) is 0 Å². The monoisotopic (exact) mass is 472 g/mol. The van der Waals surface area contributed by atoms with Crippen molar-refractivity contribution in [2.75, 3.05) is 6.61 Å². The van der Waals surface area contributed by atoms with E-state index in [0.29, 0.717) is 27.5 Å². The highest BCUT2D eigenvalue weighted by atomic mass is 32.1. The highest BCUT2D eigenvalue weighted by Crippen LogP contribution is 2.38. The molecule has 1 aliphatic rings. The first-order chi connectivity index (χ1) is 16.5. The van der Waals surface area contributed by atoms with E-state index in [1.807, 2.05) is 41.8 Å². The largest absolute Gasteiger partial charge is 0.463 e. The van der Waals surface area contributed by atoms with Crippen molar-refractivity contribution < 1.29 is 19.1 Å². The van der Waals surface area contributed by atoms with Gasteiger partial charge in [-0.05, 0) is 30.9 Å². The number of hydrogen-bond donors (Lipinski definition) is 1. The summed E-state index contributed by atoms with van der Waals surface area (Å²) in [6, 6.07) is 20.9. The Morgan fingerprint density at radius 3 is 2.29 bits per heavy atom. The molecule has 1 unspecified atom stereocenters. The summed E-state index contributed by atoms with van der Waals surface area (Å²) >= 11 is 1.30. The fraction of sp³-hybridized carbons (Fsp3) is 0.148. The van der Waals surface area contributed by atoms with Gasteiger partial charge in [0.1, 0.15) is 5.82 Å². The third kappa shape index (κ3) is 4.70. The molecule has 0 saturated heterocycles. The zero-order valence-corrected chi connectivity index (χ0v) is 19.7. The molecule has 0 fully saturated rings. The number of amides is 1. The van der Waals surface area contributed by atoms with Gasteiger partial charge in [-0.3, -0.25) is 14.5 Å². The maximum absolute atomic E-state index is 13.8. The molecule has 4 rings (SSSR count). The minimum Gasteiger partial charge on any atom is -0.463 e. The van der Waals surface area contributed by atoms with Crippen molar-refractivity contribution in [1.82, 2.24) is 10.2 Å². The van der Waals surface area contributed by atoms with Gasteiger partial charge in [0, 0.05) is 17.3 Å². The normalized spacial score (nSPS) is 16.8. The Bertz CT molecular complexity index is 1250. The second kappa shape index (κ2) is 10.3. The molecule has 3 aromatic rings. The van der Waals surface area contributed by atoms with Crippen LogP contribution in [-0.2, 0) is 9.53 Å². The second-order valence-electron chi connectivity index (χ2n) is 7.61. The fourth-order valence-corrected chi connectivity index (χ4v) is 4.54. The van der Waals surface area contributed by atoms with Gasteiger partial charge in [-0.1, -0.05) is 66.7 Å². The summed E-state index contributed by atoms with van der Waals surface area (Å²) < 4.78 is 5.35. The van der Waals surface area contributed by atoms with E-state index in [1.165, 1.54) is 22.3 Å². The molecule has 7 heteroatoms. The SMILES string of the molecule is CCOC(=O)C1=C(C)N/C(=C\C(=O)c2ccccc2)N(C(=O)c2cccs2)C1c1ccccc1. The molecule has 1 N–H and O–H groups in total. The van der Waals surface area contributed by atoms with E-state index in [0.717, 1.165) is 5.56 Å². The van der Waals surface area contributed by atoms with Gasteiger partial charge >= 0.3 is 5.97 Å². The van der Waals surface area contributed by atoms with Gasteiger partial charge in [0.25, 0.3) is 5.91 Å². The Morgan fingerprint density at radius 1 is 1.00 bits per heavy atom. The number of nitrogens with zero attached hydrogens (tertiary/aromatic N) is 1. The first-order valence-corrected chi connectivity index (χ1v) is 11.8. The number of hydrogen-bond acceptors (Lipinski definition) is 6. The Hall–Kier alpha value is -3.97. The second-order valence-corrected chi connectivity index (χ2v) is 8.56. The van der Waals surface area contributed by atoms with Crippen LogP contribution in [0.25, 0.3) is 0 Å². The topological polar surface area (TPSA) is 75.7 Å². The summed E-state index contributed by atoms with van der Waals surface area (Å²) in [6.45, 7) is 3.68. The van der Waals surface area contributed by atoms with Crippen molar-refractivity contribution >= 4 is 29.0 Å². The smallest absolute Gasteiger partial charge is 0.338 e. The number of rotatable bonds is 6. The van der Waals surface area contributed by atoms with Crippen LogP contribution in [0.1, 0.15) is 45.5 Å². The third-order valence-electron chi connectivity index (χ3n) is 5.40. The number of ketones is 1. The zero-order valence-electron chi connectivity index (χ0n) is 18.9. The average molecular weight is 473 g/mol. The quantitative estimate of drug-likeness (QED) is 0.307. The van der Waals surface area contributed by atoms with Crippen LogP contribution < -0.4 is 5.32 Å². The molecule has 0 saturated carbocycles. The molecule has 0 bridgehead atoms. The molecule has 2 heterocycles. The molecule has 1 aliphatic heterocycles. The number of ether oxygens (including phenoxy) is 1. The lowest BCUT2D eigenvalue weighted by molar-refractivity contribution is -0.139. The van der Waals surface area contributed by atoms with Crippen molar-refractivity contribution in [2.24, 2.45) is 0 Å². The molecular weight excluding hydrogens is 448 g/mol. The van der Waals surface area contributed by atoms with Crippen LogP contribution >= 0.6 is 11.3 Å². The summed E-state index contributed by atoms with van der Waals surface area (Å²) in [5.41, 5.74) is 2.07. The van der Waals surface area contributed by atoms with Crippen LogP contribution in [0.15, 0.2) is 101 Å². The maximum atomic E-state index is 13.8. The molecular formula is C27H24N2O4S. The van der Waals surface area contributed by atoms with E-state index in [1.54, 1.807) is 50.2 Å². The number of allylic oxidation sites excluding steroid dienone is 2. The molecule has 0 radical (unpaired) electrons. The van der Waals surface area contributed by atoms with Crippen LogP contribution in [0.2, 0.25) is 0 Å². The predicted molar refractivity (Wildman–Crippen MR) is 131 cm³/mol. The molecule has 0 spiro atoms. The fourth-order valence-electron chi connectivity index (χ4n) is 3.88. The summed E-state index contributed by atoms with van der Waals surface area (Å²) in [4.78, 5) is 41.9. The first-order valence-electron chi connectivity index (χ1n) is 10.9. The minimum absolute atomic E-state index is 0.200. The Labute approximate surface area is 202 Å². The van der Waals surface area contributed by atoms with E-state index in [4.69, 9.17) is 4.74 Å². The van der Waals surface area contributed by atoms with Crippen molar-refractivity contribution in [2.45, 2.75) is 19.9 Å². The lowest BCUT2D eigenvalue weighted by Crippen LogP contribution is -2.46. The van der Waals surface area contributed by atoms with Crippen LogP contribution in [0, 0.1) is 0 Å². The zero-order chi connectivity index (χ0) is 24.1. The Kier molecular flexibility index (Phi) is 7.04. The van der Waals surface area contributed by atoms with Crippen molar-refractivity contribution in [3.05, 3.63) is 117 Å². The van der Waals surface area contributed by atoms with Crippen molar-refractivity contribution in [1.29, 1.82) is 0 Å². The van der Waals surface area contributed by atoms with Gasteiger partial charge in [-0.25, -0.2) is 4.79 Å². The maximum Gasteiger partial charge on any atom is 0.338 e. The van der Waals surface area contributed by atoms with Gasteiger partial charge < -0.3 is 10.1 Å². The molecule has 172 valence electrons. The van der Waals surface area contributed by atoms with Gasteiger partial charge in [-0.2, -0.15) is 0 Å². The van der Waals surface area contributed by atoms with Crippen LogP contribution in [0.4, 0.5) is 0 Å². The summed E-state index contributed by atoms with van der Waals surface area (Å²) in [6.07, 6.45) is 1.40. The molecule has 1 aromatic heterocycles. The van der Waals surface area contributed by atoms with E-state index >= 15 is 0 Å². The molecule has 1 amide bonds. The highest BCUT2D eigenvalue weighted by Gasteiger charge is 2.40. The first kappa shape index (κ1) is 23.2. The molecule has 6 nitrogen and oxygen atoms in total. The number of benzene rings is 2. The van der Waals surface area contributed by atoms with Crippen molar-refractivity contribution in [3.63, 3.8) is 0 Å². The van der Waals surface area contributed by atoms with Crippen LogP contribution in [0.3, 0.4) is 0 Å². The Balaban J connectivity index is 1.91. The minimum atomic E-state index is -0.772. The van der Waals surface area contributed by atoms with Crippen molar-refractivity contribution in [3.8, 4) is 0 Å². The summed E-state index contributed by atoms with van der Waals surface area (Å²) in [5, 5.41) is 4.94. The van der Waals surface area contributed by atoms with E-state index < -0.39 is 12.0 Å². The van der Waals surface area contributed by atoms with Gasteiger partial charge in [0.15, 0.2) is 5.78 Å². The molecule has 2 aromatic carbocycles. The van der Waals surface area contributed by atoms with E-state index in [2.05, 4.69) is 5.32 Å². The third-order valence-corrected chi connectivity index (χ3v) is 6.26. The lowest BCUT2D eigenvalue weighted by atomic mass is 9.92. The number of carbonyl (C=O) groups excluding carboxylic acids is 3. The van der Waals surface area contributed by atoms with E-state index in [9.17, 15) is 14.4 Å². The van der Waals surface area contributed by atoms with Crippen LogP contribution in [-0.4, -0.2) is 29.2 Å². The average Bonchev–Trinajstić information content (AvgIpc) is 3.39. The van der Waals surface area contributed by atoms with E-state index in [-0.39, 0.29) is 18.3 Å².